The topological polar surface area (TPSA) is 101 Å². The molecule has 0 amide bonds. The first-order valence-electron chi connectivity index (χ1n) is 29.1. The third-order valence-corrected chi connectivity index (χ3v) is 14.7. The molecule has 0 spiro atoms. The van der Waals surface area contributed by atoms with Gasteiger partial charge in [0.15, 0.2) is 11.2 Å². The van der Waals surface area contributed by atoms with Crippen LogP contribution in [0.5, 0.6) is 0 Å². The Morgan fingerprint density at radius 2 is 0.510 bits per heavy atom. The summed E-state index contributed by atoms with van der Waals surface area (Å²) in [6, 6.07) is 112. The van der Waals surface area contributed by atoms with Crippen molar-refractivity contribution in [1.82, 2.24) is 0 Å². The van der Waals surface area contributed by atoms with Gasteiger partial charge in [0, 0.05) is 73.6 Å². The van der Waals surface area contributed by atoms with Crippen LogP contribution in [0.3, 0.4) is 0 Å². The molecule has 0 radical (unpaired) electrons. The van der Waals surface area contributed by atoms with E-state index in [9.17, 15) is 25.5 Å². The average molecular weight is 1310 g/mol. The molecule has 0 saturated carbocycles. The molecular weight excluding hydrogens is 1240 g/mol. The summed E-state index contributed by atoms with van der Waals surface area (Å²) in [6.07, 6.45) is 4.51. The largest absolute Gasteiger partial charge is 0.384 e. The second-order valence-corrected chi connectivity index (χ2v) is 20.3. The minimum absolute atomic E-state index is 0.442. The molecule has 5 N–H and O–H groups in total. The molecule has 12 aromatic carbocycles. The smallest absolute Gasteiger partial charge is 0.177 e. The quantitative estimate of drug-likeness (QED) is 0.0563. The Kier molecular flexibility index (Phi) is 34.5. The molecule has 0 saturated heterocycles. The number of hydrogen-bond donors (Lipinski definition) is 5. The van der Waals surface area contributed by atoms with Crippen molar-refractivity contribution in [2.45, 2.75) is 29.0 Å². The predicted octanol–water partition coefficient (Wildman–Crippen LogP) is 20.2. The molecule has 0 unspecified atom stereocenters. The maximum absolute atomic E-state index is 11.4. The SMILES string of the molecule is C#CC(O)(c1ccccc1)c1ccccc1.FF.FF.FF.FF.FF.OC(C#Cc1ccccc1)(c1ccccc1)c1ccccc1.OC(c1ccccc1)(c1ccccc1)c1ccccc1.OC(c1ccccc1)c1ccccc1.OC1c2ccccc2-c2ccccc21. The number of fused-ring (bicyclic) bond motifs is 3. The fourth-order valence-corrected chi connectivity index (χ4v) is 10.2. The molecule has 1 aliphatic carbocycles. The molecule has 0 heterocycles. The number of benzene rings is 12. The Bertz CT molecular complexity index is 3830. The molecule has 15 heteroatoms. The lowest BCUT2D eigenvalue weighted by atomic mass is 9.80. The number of hydrogen-bond acceptors (Lipinski definition) is 5. The van der Waals surface area contributed by atoms with Crippen LogP contribution in [0.15, 0.2) is 352 Å². The van der Waals surface area contributed by atoms with Crippen molar-refractivity contribution in [3.63, 3.8) is 0 Å². The lowest BCUT2D eigenvalue weighted by Crippen LogP contribution is -2.28. The highest BCUT2D eigenvalue weighted by Gasteiger charge is 2.34. The third kappa shape index (κ3) is 21.2. The molecule has 96 heavy (non-hydrogen) atoms. The third-order valence-electron chi connectivity index (χ3n) is 14.7. The van der Waals surface area contributed by atoms with Crippen molar-refractivity contribution in [3.8, 4) is 35.3 Å². The molecule has 0 aromatic heterocycles. The van der Waals surface area contributed by atoms with Crippen molar-refractivity contribution in [2.75, 3.05) is 0 Å². The maximum Gasteiger partial charge on any atom is 0.177 e. The molecule has 0 bridgehead atoms. The Hall–Kier alpha value is -11.1. The highest BCUT2D eigenvalue weighted by molar-refractivity contribution is 5.77. The predicted molar refractivity (Wildman–Crippen MR) is 359 cm³/mol. The van der Waals surface area contributed by atoms with Crippen LogP contribution in [0.2, 0.25) is 0 Å². The first-order valence-corrected chi connectivity index (χ1v) is 29.1. The van der Waals surface area contributed by atoms with Crippen LogP contribution in [0.25, 0.3) is 11.1 Å². The minimum atomic E-state index is -1.34. The normalized spacial score (nSPS) is 10.4. The van der Waals surface area contributed by atoms with Gasteiger partial charge in [0.2, 0.25) is 0 Å². The van der Waals surface area contributed by atoms with Crippen LogP contribution >= 0.6 is 0 Å². The molecular formula is C81H66F10O5. The van der Waals surface area contributed by atoms with Gasteiger partial charge in [0.1, 0.15) is 17.8 Å². The van der Waals surface area contributed by atoms with Gasteiger partial charge < -0.3 is 25.5 Å². The van der Waals surface area contributed by atoms with E-state index < -0.39 is 29.0 Å². The highest BCUT2D eigenvalue weighted by atomic mass is 20.0. The zero-order valence-electron chi connectivity index (χ0n) is 51.2. The summed E-state index contributed by atoms with van der Waals surface area (Å²) in [5.41, 5.74) is 8.90. The van der Waals surface area contributed by atoms with E-state index in [1.165, 1.54) is 0 Å². The van der Waals surface area contributed by atoms with Crippen LogP contribution in [-0.2, 0) is 16.8 Å². The minimum Gasteiger partial charge on any atom is -0.384 e. The Labute approximate surface area is 551 Å². The van der Waals surface area contributed by atoms with E-state index in [1.54, 1.807) is 0 Å². The van der Waals surface area contributed by atoms with Gasteiger partial charge in [0.25, 0.3) is 0 Å². The van der Waals surface area contributed by atoms with E-state index in [-0.39, 0.29) is 0 Å². The summed E-state index contributed by atoms with van der Waals surface area (Å²) in [5, 5.41) is 53.2. The van der Waals surface area contributed by atoms with Crippen LogP contribution < -0.4 is 0 Å². The van der Waals surface area contributed by atoms with Gasteiger partial charge in [-0.25, -0.2) is 0 Å². The summed E-state index contributed by atoms with van der Waals surface area (Å²) >= 11 is 0. The van der Waals surface area contributed by atoms with Crippen LogP contribution in [0, 0.1) is 24.2 Å². The van der Waals surface area contributed by atoms with Crippen molar-refractivity contribution < 1.29 is 71.3 Å². The van der Waals surface area contributed by atoms with Gasteiger partial charge >= 0.3 is 0 Å². The van der Waals surface area contributed by atoms with Gasteiger partial charge in [-0.05, 0) is 62.2 Å². The van der Waals surface area contributed by atoms with Crippen LogP contribution in [0.4, 0.5) is 45.7 Å². The number of aliphatic hydroxyl groups excluding tert-OH is 2. The first-order chi connectivity index (χ1) is 47.1. The lowest BCUT2D eigenvalue weighted by molar-refractivity contribution is 0.108. The Morgan fingerprint density at radius 3 is 0.781 bits per heavy atom. The summed E-state index contributed by atoms with van der Waals surface area (Å²) < 4.78 is 80.0. The van der Waals surface area contributed by atoms with Gasteiger partial charge in [-0.2, -0.15) is 0 Å². The fraction of sp³-hybridized carbons (Fsp3) is 0.0617. The van der Waals surface area contributed by atoms with Gasteiger partial charge in [-0.15, -0.1) is 6.42 Å². The molecule has 13 rings (SSSR count). The van der Waals surface area contributed by atoms with Gasteiger partial charge in [-0.3, -0.25) is 0 Å². The van der Waals surface area contributed by atoms with E-state index in [1.807, 2.05) is 340 Å². The molecule has 5 nitrogen and oxygen atoms in total. The number of terminal acetylenes is 1. The monoisotopic (exact) mass is 1310 g/mol. The van der Waals surface area contributed by atoms with Gasteiger partial charge in [0.05, 0.1) is 0 Å². The standard InChI is InChI=1S/C21H16O.C19H16O.C15H12O.C13H10O.C13H12O.5F2/c22-21(19-12-6-2-7-13-19,20-14-8-3-9-15-20)17-16-18-10-4-1-5-11-18;20-19(16-10-4-1-5-11-16,17-12-6-2-7-13-17)18-14-8-3-9-15-18;1-2-15(16,13-9-5-3-6-10-13)14-11-7-4-8-12-14;14-13-11-7-3-1-5-9(11)10-6-2-4-8-12(10)13;14-13(11-7-3-1-4-8-11)12-9-5-2-6-10-12;5*1-2/h1-15,22H;1-15,20H;1,3-12,16H;1-8,13-14H;1-10,13-14H;;;;;. The van der Waals surface area contributed by atoms with E-state index >= 15 is 0 Å². The van der Waals surface area contributed by atoms with E-state index in [0.717, 1.165) is 66.8 Å². The van der Waals surface area contributed by atoms with E-state index in [4.69, 9.17) is 52.2 Å². The number of halogens is 10. The van der Waals surface area contributed by atoms with Crippen LogP contribution in [-0.4, -0.2) is 25.5 Å². The molecule has 12 aromatic rings. The number of aliphatic hydroxyl groups is 5. The molecule has 0 aliphatic heterocycles. The van der Waals surface area contributed by atoms with Gasteiger partial charge in [-0.1, -0.05) is 357 Å². The second kappa shape index (κ2) is 42.9. The van der Waals surface area contributed by atoms with Crippen molar-refractivity contribution in [3.05, 3.63) is 419 Å². The molecule has 0 fully saturated rings. The van der Waals surface area contributed by atoms with Crippen molar-refractivity contribution >= 4 is 0 Å². The average Bonchev–Trinajstić information content (AvgIpc) is 1.54. The zero-order valence-corrected chi connectivity index (χ0v) is 51.2. The fourth-order valence-electron chi connectivity index (χ4n) is 10.2. The van der Waals surface area contributed by atoms with E-state index in [0.29, 0.717) is 11.1 Å². The molecule has 490 valence electrons. The molecule has 0 atom stereocenters. The van der Waals surface area contributed by atoms with E-state index in [2.05, 4.69) is 29.9 Å². The van der Waals surface area contributed by atoms with Crippen LogP contribution in [0.1, 0.15) is 79.0 Å². The number of rotatable bonds is 9. The van der Waals surface area contributed by atoms with Crippen molar-refractivity contribution in [2.24, 2.45) is 0 Å². The summed E-state index contributed by atoms with van der Waals surface area (Å²) in [6.45, 7) is 0. The summed E-state index contributed by atoms with van der Waals surface area (Å²) in [4.78, 5) is 0. The summed E-state index contributed by atoms with van der Waals surface area (Å²) in [7, 11) is 0. The molecule has 1 aliphatic rings. The first kappa shape index (κ1) is 77.3. The highest BCUT2D eigenvalue weighted by Crippen LogP contribution is 2.43. The zero-order chi connectivity index (χ0) is 69.9. The van der Waals surface area contributed by atoms with Crippen molar-refractivity contribution in [1.29, 1.82) is 0 Å². The lowest BCUT2D eigenvalue weighted by Gasteiger charge is -2.30. The second-order valence-electron chi connectivity index (χ2n) is 20.3. The Morgan fingerprint density at radius 1 is 0.292 bits per heavy atom. The maximum atomic E-state index is 11.4. The summed E-state index contributed by atoms with van der Waals surface area (Å²) in [5.74, 6) is 8.60. The Balaban J connectivity index is 0.000000249.